The van der Waals surface area contributed by atoms with Gasteiger partial charge < -0.3 is 9.84 Å². The number of nitrogens with zero attached hydrogens (tertiary/aromatic N) is 1. The van der Waals surface area contributed by atoms with Gasteiger partial charge in [-0.15, -0.1) is 11.3 Å². The van der Waals surface area contributed by atoms with Gasteiger partial charge in [-0.05, 0) is 12.8 Å². The molecule has 2 heterocycles. The average Bonchev–Trinajstić information content (AvgIpc) is 2.74. The van der Waals surface area contributed by atoms with E-state index in [0.29, 0.717) is 16.5 Å². The van der Waals surface area contributed by atoms with Gasteiger partial charge in [-0.1, -0.05) is 20.8 Å². The predicted molar refractivity (Wildman–Crippen MR) is 70.6 cm³/mol. The lowest BCUT2D eigenvalue weighted by Gasteiger charge is -2.20. The fraction of sp³-hybridized carbons (Fsp3) is 0.692. The van der Waals surface area contributed by atoms with Crippen molar-refractivity contribution in [1.82, 2.24) is 4.98 Å². The Morgan fingerprint density at radius 1 is 1.39 bits per heavy atom. The van der Waals surface area contributed by atoms with Crippen molar-refractivity contribution in [2.75, 3.05) is 13.2 Å². The summed E-state index contributed by atoms with van der Waals surface area (Å²) in [6.45, 7) is 7.50. The van der Waals surface area contributed by atoms with E-state index in [0.717, 1.165) is 31.1 Å². The summed E-state index contributed by atoms with van der Waals surface area (Å²) in [5.41, 5.74) is 0.481. The molecule has 0 bridgehead atoms. The van der Waals surface area contributed by atoms with Gasteiger partial charge >= 0.3 is 5.97 Å². The molecular formula is C13H19NO3S. The maximum absolute atomic E-state index is 11.3. The maximum Gasteiger partial charge on any atom is 0.347 e. The molecule has 0 aromatic carbocycles. The van der Waals surface area contributed by atoms with Crippen LogP contribution in [0.3, 0.4) is 0 Å². The summed E-state index contributed by atoms with van der Waals surface area (Å²) in [6, 6.07) is 0. The van der Waals surface area contributed by atoms with Gasteiger partial charge in [0.2, 0.25) is 0 Å². The molecule has 1 saturated heterocycles. The van der Waals surface area contributed by atoms with Gasteiger partial charge in [-0.25, -0.2) is 9.78 Å². The lowest BCUT2D eigenvalue weighted by Crippen LogP contribution is -2.17. The Kier molecular flexibility index (Phi) is 3.73. The van der Waals surface area contributed by atoms with Gasteiger partial charge in [-0.3, -0.25) is 0 Å². The summed E-state index contributed by atoms with van der Waals surface area (Å²) in [4.78, 5) is 16.3. The molecule has 0 unspecified atom stereocenters. The molecular weight excluding hydrogens is 250 g/mol. The number of carboxylic acid groups (broad SMARTS) is 1. The van der Waals surface area contributed by atoms with Crippen LogP contribution in [-0.2, 0) is 10.2 Å². The number of aromatic carboxylic acids is 1. The van der Waals surface area contributed by atoms with E-state index in [4.69, 9.17) is 4.74 Å². The summed E-state index contributed by atoms with van der Waals surface area (Å²) < 4.78 is 5.33. The van der Waals surface area contributed by atoms with Gasteiger partial charge in [0, 0.05) is 24.5 Å². The van der Waals surface area contributed by atoms with Crippen LogP contribution < -0.4 is 0 Å². The Balaban J connectivity index is 2.35. The highest BCUT2D eigenvalue weighted by molar-refractivity contribution is 7.13. The monoisotopic (exact) mass is 269 g/mol. The van der Waals surface area contributed by atoms with E-state index in [1.54, 1.807) is 0 Å². The predicted octanol–water partition coefficient (Wildman–Crippen LogP) is 3.03. The van der Waals surface area contributed by atoms with Crippen LogP contribution in [0.4, 0.5) is 0 Å². The zero-order valence-corrected chi connectivity index (χ0v) is 11.8. The van der Waals surface area contributed by atoms with Crippen molar-refractivity contribution in [3.63, 3.8) is 0 Å². The van der Waals surface area contributed by atoms with Crippen LogP contribution in [0.15, 0.2) is 0 Å². The second-order valence-electron chi connectivity index (χ2n) is 5.67. The van der Waals surface area contributed by atoms with E-state index in [1.165, 1.54) is 11.3 Å². The standard InChI is InChI=1S/C13H19NO3S/c1-13(2,3)10-9(12(15)16)18-11(14-10)8-4-6-17-7-5-8/h8H,4-7H2,1-3H3,(H,15,16). The molecule has 0 saturated carbocycles. The van der Waals surface area contributed by atoms with Crippen molar-refractivity contribution in [1.29, 1.82) is 0 Å². The zero-order chi connectivity index (χ0) is 13.3. The molecule has 0 spiro atoms. The molecule has 1 aromatic heterocycles. The molecule has 2 rings (SSSR count). The molecule has 0 radical (unpaired) electrons. The van der Waals surface area contributed by atoms with Crippen molar-refractivity contribution in [2.45, 2.75) is 44.9 Å². The summed E-state index contributed by atoms with van der Waals surface area (Å²) >= 11 is 1.33. The van der Waals surface area contributed by atoms with Gasteiger partial charge in [0.25, 0.3) is 0 Å². The van der Waals surface area contributed by atoms with Gasteiger partial charge in [0.1, 0.15) is 4.88 Å². The molecule has 4 nitrogen and oxygen atoms in total. The quantitative estimate of drug-likeness (QED) is 0.896. The lowest BCUT2D eigenvalue weighted by molar-refractivity contribution is 0.0699. The third-order valence-electron chi connectivity index (χ3n) is 3.12. The summed E-state index contributed by atoms with van der Waals surface area (Å²) in [7, 11) is 0. The van der Waals surface area contributed by atoms with Crippen molar-refractivity contribution in [2.24, 2.45) is 0 Å². The largest absolute Gasteiger partial charge is 0.477 e. The van der Waals surface area contributed by atoms with E-state index < -0.39 is 5.97 Å². The minimum atomic E-state index is -0.865. The Bertz CT molecular complexity index is 442. The SMILES string of the molecule is CC(C)(C)c1nc(C2CCOCC2)sc1C(=O)O. The van der Waals surface area contributed by atoms with Crippen LogP contribution in [-0.4, -0.2) is 29.3 Å². The molecule has 1 N–H and O–H groups in total. The molecule has 18 heavy (non-hydrogen) atoms. The highest BCUT2D eigenvalue weighted by Crippen LogP contribution is 2.36. The molecule has 1 aromatic rings. The van der Waals surface area contributed by atoms with Crippen LogP contribution >= 0.6 is 11.3 Å². The topological polar surface area (TPSA) is 59.4 Å². The highest BCUT2D eigenvalue weighted by Gasteiger charge is 2.29. The molecule has 5 heteroatoms. The van der Waals surface area contributed by atoms with Crippen molar-refractivity contribution >= 4 is 17.3 Å². The highest BCUT2D eigenvalue weighted by atomic mass is 32.1. The zero-order valence-electron chi connectivity index (χ0n) is 11.0. The second-order valence-corrected chi connectivity index (χ2v) is 6.70. The first-order chi connectivity index (χ1) is 8.39. The van der Waals surface area contributed by atoms with Gasteiger partial charge in [0.15, 0.2) is 0 Å². The van der Waals surface area contributed by atoms with Crippen molar-refractivity contribution < 1.29 is 14.6 Å². The normalized spacial score (nSPS) is 17.9. The molecule has 0 amide bonds. The minimum Gasteiger partial charge on any atom is -0.477 e. The van der Waals surface area contributed by atoms with Crippen molar-refractivity contribution in [3.8, 4) is 0 Å². The number of hydrogen-bond donors (Lipinski definition) is 1. The fourth-order valence-electron chi connectivity index (χ4n) is 2.11. The Morgan fingerprint density at radius 2 is 2.00 bits per heavy atom. The summed E-state index contributed by atoms with van der Waals surface area (Å²) in [5, 5.41) is 10.2. The molecule has 1 aliphatic rings. The Morgan fingerprint density at radius 3 is 2.44 bits per heavy atom. The second kappa shape index (κ2) is 4.97. The van der Waals surface area contributed by atoms with Gasteiger partial charge in [-0.2, -0.15) is 0 Å². The van der Waals surface area contributed by atoms with Crippen LogP contribution in [0.1, 0.15) is 59.9 Å². The summed E-state index contributed by atoms with van der Waals surface area (Å²) in [6.07, 6.45) is 1.88. The van der Waals surface area contributed by atoms with Crippen LogP contribution in [0.25, 0.3) is 0 Å². The third-order valence-corrected chi connectivity index (χ3v) is 4.32. The van der Waals surface area contributed by atoms with Gasteiger partial charge in [0.05, 0.1) is 10.7 Å². The Hall–Kier alpha value is -0.940. The summed E-state index contributed by atoms with van der Waals surface area (Å²) in [5.74, 6) is -0.506. The minimum absolute atomic E-state index is 0.229. The number of hydrogen-bond acceptors (Lipinski definition) is 4. The molecule has 1 aliphatic heterocycles. The molecule has 0 aliphatic carbocycles. The number of carboxylic acids is 1. The lowest BCUT2D eigenvalue weighted by atomic mass is 9.91. The van der Waals surface area contributed by atoms with E-state index >= 15 is 0 Å². The number of rotatable bonds is 2. The first-order valence-corrected chi connectivity index (χ1v) is 7.03. The smallest absolute Gasteiger partial charge is 0.347 e. The first kappa shape index (κ1) is 13.5. The molecule has 100 valence electrons. The molecule has 1 fully saturated rings. The van der Waals surface area contributed by atoms with E-state index in [-0.39, 0.29) is 5.41 Å². The number of ether oxygens (including phenoxy) is 1. The third kappa shape index (κ3) is 2.72. The number of thiazole rings is 1. The van der Waals surface area contributed by atoms with Crippen LogP contribution in [0, 0.1) is 0 Å². The maximum atomic E-state index is 11.3. The fourth-order valence-corrected chi connectivity index (χ4v) is 3.39. The molecule has 0 atom stereocenters. The number of aromatic nitrogens is 1. The van der Waals surface area contributed by atoms with Crippen molar-refractivity contribution in [3.05, 3.63) is 15.6 Å². The van der Waals surface area contributed by atoms with E-state index in [1.807, 2.05) is 20.8 Å². The van der Waals surface area contributed by atoms with Crippen LogP contribution in [0.5, 0.6) is 0 Å². The number of carbonyl (C=O) groups is 1. The van der Waals surface area contributed by atoms with E-state index in [2.05, 4.69) is 4.98 Å². The average molecular weight is 269 g/mol. The van der Waals surface area contributed by atoms with E-state index in [9.17, 15) is 9.90 Å². The Labute approximate surface area is 111 Å². The van der Waals surface area contributed by atoms with Crippen LogP contribution in [0.2, 0.25) is 0 Å². The first-order valence-electron chi connectivity index (χ1n) is 6.22.